The quantitative estimate of drug-likeness (QED) is 0.169. The van der Waals surface area contributed by atoms with Crippen molar-refractivity contribution in [1.29, 1.82) is 0 Å². The van der Waals surface area contributed by atoms with Crippen molar-refractivity contribution in [2.75, 3.05) is 4.90 Å². The van der Waals surface area contributed by atoms with Crippen LogP contribution < -0.4 is 4.90 Å². The minimum Gasteiger partial charge on any atom is -0.310 e. The van der Waals surface area contributed by atoms with Gasteiger partial charge in [0.15, 0.2) is 0 Å². The number of nitrogens with zero attached hydrogens (tertiary/aromatic N) is 1. The number of anilines is 3. The lowest BCUT2D eigenvalue weighted by Crippen LogP contribution is -2.30. The zero-order chi connectivity index (χ0) is 40.1. The largest absolute Gasteiger partial charge is 0.310 e. The predicted octanol–water partition coefficient (Wildman–Crippen LogP) is 14.3. The summed E-state index contributed by atoms with van der Waals surface area (Å²) in [5.74, 6) is 0. The average molecular weight is 770 g/mol. The molecule has 13 rings (SSSR count). The molecular weight excluding hydrogens is 723 g/mol. The van der Waals surface area contributed by atoms with Gasteiger partial charge < -0.3 is 4.90 Å². The van der Waals surface area contributed by atoms with Crippen molar-refractivity contribution in [1.82, 2.24) is 0 Å². The fourth-order valence-electron chi connectivity index (χ4n) is 12.2. The Labute approximate surface area is 354 Å². The fourth-order valence-corrected chi connectivity index (χ4v) is 12.2. The Balaban J connectivity index is 1.10. The molecule has 0 saturated heterocycles. The first kappa shape index (κ1) is 34.4. The molecule has 0 atom stereocenters. The molecule has 0 N–H and O–H groups in total. The van der Waals surface area contributed by atoms with Crippen molar-refractivity contribution in [3.8, 4) is 33.4 Å². The van der Waals surface area contributed by atoms with Gasteiger partial charge in [0, 0.05) is 27.8 Å². The Hall–Kier alpha value is -6.44. The van der Waals surface area contributed by atoms with Gasteiger partial charge in [-0.1, -0.05) is 161 Å². The summed E-state index contributed by atoms with van der Waals surface area (Å²) < 4.78 is 0. The Morgan fingerprint density at radius 3 is 1.30 bits per heavy atom. The zero-order valence-electron chi connectivity index (χ0n) is 34.9. The molecular formula is C59H47N. The molecule has 288 valence electrons. The summed E-state index contributed by atoms with van der Waals surface area (Å²) in [6.45, 7) is 9.59. The molecule has 1 nitrogen and oxygen atoms in total. The van der Waals surface area contributed by atoms with Crippen LogP contribution in [0.1, 0.15) is 94.5 Å². The fraction of sp³-hybridized carbons (Fsp3) is 0.186. The van der Waals surface area contributed by atoms with Crippen LogP contribution in [-0.2, 0) is 41.9 Å². The van der Waals surface area contributed by atoms with Gasteiger partial charge in [0.05, 0.1) is 11.1 Å². The third-order valence-corrected chi connectivity index (χ3v) is 15.5. The molecule has 5 aliphatic rings. The number of hydrogen-bond acceptors (Lipinski definition) is 1. The molecule has 0 aromatic heterocycles. The van der Waals surface area contributed by atoms with Crippen molar-refractivity contribution < 1.29 is 0 Å². The highest BCUT2D eigenvalue weighted by Gasteiger charge is 2.48. The summed E-state index contributed by atoms with van der Waals surface area (Å²) in [6, 6.07) is 63.9. The van der Waals surface area contributed by atoms with Gasteiger partial charge >= 0.3 is 0 Å². The van der Waals surface area contributed by atoms with Crippen molar-refractivity contribution in [3.05, 3.63) is 231 Å². The van der Waals surface area contributed by atoms with E-state index in [2.05, 4.69) is 196 Å². The van der Waals surface area contributed by atoms with Crippen molar-refractivity contribution >= 4 is 17.1 Å². The summed E-state index contributed by atoms with van der Waals surface area (Å²) >= 11 is 0. The Bertz CT molecular complexity index is 3010. The number of benzene rings is 8. The van der Waals surface area contributed by atoms with E-state index < -0.39 is 5.41 Å². The molecule has 0 saturated carbocycles. The van der Waals surface area contributed by atoms with Gasteiger partial charge in [0.1, 0.15) is 0 Å². The van der Waals surface area contributed by atoms with Crippen LogP contribution in [0.15, 0.2) is 164 Å². The Morgan fingerprint density at radius 2 is 0.800 bits per heavy atom. The molecule has 0 aliphatic heterocycles. The van der Waals surface area contributed by atoms with E-state index in [1.54, 1.807) is 0 Å². The van der Waals surface area contributed by atoms with Crippen LogP contribution in [0.25, 0.3) is 33.4 Å². The zero-order valence-corrected chi connectivity index (χ0v) is 34.9. The second kappa shape index (κ2) is 11.9. The highest BCUT2D eigenvalue weighted by atomic mass is 15.1. The van der Waals surface area contributed by atoms with Gasteiger partial charge in [-0.3, -0.25) is 0 Å². The molecule has 0 fully saturated rings. The molecule has 0 heterocycles. The molecule has 0 spiro atoms. The van der Waals surface area contributed by atoms with Crippen LogP contribution in [0.5, 0.6) is 0 Å². The van der Waals surface area contributed by atoms with Gasteiger partial charge in [0.2, 0.25) is 0 Å². The lowest BCUT2D eigenvalue weighted by molar-refractivity contribution is 0.660. The molecule has 8 aromatic rings. The first-order valence-electron chi connectivity index (χ1n) is 22.0. The lowest BCUT2D eigenvalue weighted by Gasteiger charge is -2.37. The van der Waals surface area contributed by atoms with E-state index in [9.17, 15) is 0 Å². The molecule has 5 aliphatic carbocycles. The van der Waals surface area contributed by atoms with E-state index in [0.717, 1.165) is 12.8 Å². The van der Waals surface area contributed by atoms with Crippen LogP contribution >= 0.6 is 0 Å². The first-order chi connectivity index (χ1) is 29.2. The molecule has 8 aromatic carbocycles. The van der Waals surface area contributed by atoms with E-state index in [0.29, 0.717) is 0 Å². The van der Waals surface area contributed by atoms with Gasteiger partial charge in [-0.15, -0.1) is 0 Å². The maximum Gasteiger partial charge on any atom is 0.0714 e. The second-order valence-electron chi connectivity index (χ2n) is 19.1. The third kappa shape index (κ3) is 4.33. The highest BCUT2D eigenvalue weighted by Crippen LogP contribution is 2.61. The average Bonchev–Trinajstić information content (AvgIpc) is 3.77. The van der Waals surface area contributed by atoms with Crippen LogP contribution in [0, 0.1) is 0 Å². The topological polar surface area (TPSA) is 3.24 Å². The molecule has 0 unspecified atom stereocenters. The minimum atomic E-state index is -0.452. The van der Waals surface area contributed by atoms with Crippen LogP contribution in [0.2, 0.25) is 0 Å². The van der Waals surface area contributed by atoms with E-state index in [4.69, 9.17) is 0 Å². The number of rotatable bonds is 5. The van der Waals surface area contributed by atoms with E-state index in [-0.39, 0.29) is 10.8 Å². The van der Waals surface area contributed by atoms with Gasteiger partial charge in [-0.2, -0.15) is 0 Å². The first-order valence-corrected chi connectivity index (χ1v) is 22.0. The normalized spacial score (nSPS) is 16.8. The smallest absolute Gasteiger partial charge is 0.0714 e. The highest BCUT2D eigenvalue weighted by molar-refractivity contribution is 5.98. The summed E-state index contributed by atoms with van der Waals surface area (Å²) in [7, 11) is 0. The van der Waals surface area contributed by atoms with E-state index in [1.807, 2.05) is 0 Å². The maximum atomic E-state index is 2.60. The van der Waals surface area contributed by atoms with Crippen LogP contribution in [-0.4, -0.2) is 0 Å². The van der Waals surface area contributed by atoms with Crippen molar-refractivity contribution in [2.24, 2.45) is 0 Å². The third-order valence-electron chi connectivity index (χ3n) is 15.5. The van der Waals surface area contributed by atoms with Gasteiger partial charge in [0.25, 0.3) is 0 Å². The van der Waals surface area contributed by atoms with E-state index in [1.165, 1.54) is 130 Å². The summed E-state index contributed by atoms with van der Waals surface area (Å²) in [5, 5.41) is 0. The summed E-state index contributed by atoms with van der Waals surface area (Å²) in [5.41, 5.74) is 28.0. The van der Waals surface area contributed by atoms with Gasteiger partial charge in [-0.05, 0) is 151 Å². The molecule has 0 bridgehead atoms. The standard InChI is InChI=1S/C59H47N/c1-57(2)49-15-8-5-12-44(49)46-30-28-42(34-53(46)57)60(43-29-31-47-45-13-6-9-16-50(45)58(3,4)54(47)35-43)55-19-11-18-52-56(55)48-14-7-10-17-51(48)59(52,40-26-24-36-20-22-38(36)32-40)41-27-25-37-21-23-39(37)33-41/h5-19,24-35H,20-23H2,1-4H3. The van der Waals surface area contributed by atoms with Gasteiger partial charge in [-0.25, -0.2) is 0 Å². The predicted molar refractivity (Wildman–Crippen MR) is 248 cm³/mol. The van der Waals surface area contributed by atoms with Crippen LogP contribution in [0.4, 0.5) is 17.1 Å². The number of hydrogen-bond donors (Lipinski definition) is 0. The molecule has 0 radical (unpaired) electrons. The molecule has 0 amide bonds. The molecule has 1 heteroatoms. The minimum absolute atomic E-state index is 0.126. The Kier molecular flexibility index (Phi) is 6.80. The number of aryl methyl sites for hydroxylation is 4. The monoisotopic (exact) mass is 769 g/mol. The second-order valence-corrected chi connectivity index (χ2v) is 19.1. The summed E-state index contributed by atoms with van der Waals surface area (Å²) in [4.78, 5) is 2.60. The van der Waals surface area contributed by atoms with Crippen molar-refractivity contribution in [3.63, 3.8) is 0 Å². The summed E-state index contributed by atoms with van der Waals surface area (Å²) in [6.07, 6.45) is 4.67. The lowest BCUT2D eigenvalue weighted by atomic mass is 9.65. The SMILES string of the molecule is CC1(C)c2ccccc2-c2ccc(N(c3ccc4c(c3)C(C)(C)c3ccccc3-4)c3cccc4c3-c3ccccc3C4(c3ccc4c(c3)CC4)c3ccc4c(c3)CC4)cc21. The number of fused-ring (bicyclic) bond motifs is 11. The maximum absolute atomic E-state index is 2.60. The van der Waals surface area contributed by atoms with Crippen LogP contribution in [0.3, 0.4) is 0 Å². The Morgan fingerprint density at radius 1 is 0.350 bits per heavy atom. The molecule has 60 heavy (non-hydrogen) atoms. The van der Waals surface area contributed by atoms with E-state index >= 15 is 0 Å². The van der Waals surface area contributed by atoms with Crippen molar-refractivity contribution in [2.45, 2.75) is 69.6 Å².